The predicted molar refractivity (Wildman–Crippen MR) is 73.3 cm³/mol. The highest BCUT2D eigenvalue weighted by Gasteiger charge is 2.52. The van der Waals surface area contributed by atoms with Crippen LogP contribution in [0.3, 0.4) is 0 Å². The molecular weight excluding hydrogens is 246 g/mol. The lowest BCUT2D eigenvalue weighted by atomic mass is 9.71. The van der Waals surface area contributed by atoms with Gasteiger partial charge >= 0.3 is 0 Å². The second-order valence-electron chi connectivity index (χ2n) is 6.66. The van der Waals surface area contributed by atoms with Crippen LogP contribution in [0.4, 0.5) is 0 Å². The summed E-state index contributed by atoms with van der Waals surface area (Å²) in [5, 5.41) is 3.70. The van der Waals surface area contributed by atoms with Crippen molar-refractivity contribution >= 4 is 9.84 Å². The van der Waals surface area contributed by atoms with E-state index in [1.165, 1.54) is 38.4 Å². The van der Waals surface area contributed by atoms with Gasteiger partial charge in [0, 0.05) is 11.8 Å². The maximum absolute atomic E-state index is 11.8. The molecule has 104 valence electrons. The first-order chi connectivity index (χ1) is 8.52. The van der Waals surface area contributed by atoms with Crippen molar-refractivity contribution in [3.05, 3.63) is 0 Å². The molecule has 1 saturated heterocycles. The summed E-state index contributed by atoms with van der Waals surface area (Å²) >= 11 is 0. The van der Waals surface area contributed by atoms with Crippen LogP contribution < -0.4 is 5.32 Å². The minimum Gasteiger partial charge on any atom is -0.311 e. The van der Waals surface area contributed by atoms with Crippen LogP contribution in [0.2, 0.25) is 0 Å². The molecule has 3 unspecified atom stereocenters. The predicted octanol–water partition coefficient (Wildman–Crippen LogP) is 2.12. The van der Waals surface area contributed by atoms with E-state index >= 15 is 0 Å². The molecule has 3 aliphatic rings. The number of hydrogen-bond donors (Lipinski definition) is 1. The summed E-state index contributed by atoms with van der Waals surface area (Å²) in [6.45, 7) is 1.14. The molecular formula is C14H25NO2S. The second-order valence-corrected chi connectivity index (χ2v) is 8.99. The van der Waals surface area contributed by atoms with E-state index in [0.29, 0.717) is 11.5 Å². The fourth-order valence-corrected chi connectivity index (χ4v) is 5.60. The molecule has 0 spiro atoms. The van der Waals surface area contributed by atoms with Crippen molar-refractivity contribution in [2.24, 2.45) is 11.8 Å². The molecule has 3 nitrogen and oxygen atoms in total. The highest BCUT2D eigenvalue weighted by atomic mass is 32.2. The van der Waals surface area contributed by atoms with Crippen molar-refractivity contribution in [1.82, 2.24) is 5.32 Å². The molecule has 1 N–H and O–H groups in total. The van der Waals surface area contributed by atoms with Crippen LogP contribution in [0.25, 0.3) is 0 Å². The van der Waals surface area contributed by atoms with Crippen molar-refractivity contribution in [2.45, 2.75) is 62.2 Å². The van der Waals surface area contributed by atoms with E-state index in [2.05, 4.69) is 5.32 Å². The molecule has 0 aromatic rings. The van der Waals surface area contributed by atoms with Crippen LogP contribution in [0, 0.1) is 11.8 Å². The van der Waals surface area contributed by atoms with Crippen LogP contribution >= 0.6 is 0 Å². The maximum atomic E-state index is 11.8. The lowest BCUT2D eigenvalue weighted by molar-refractivity contribution is 0.157. The quantitative estimate of drug-likeness (QED) is 0.855. The topological polar surface area (TPSA) is 46.2 Å². The van der Waals surface area contributed by atoms with Gasteiger partial charge in [0.1, 0.15) is 9.84 Å². The molecule has 3 fully saturated rings. The summed E-state index contributed by atoms with van der Waals surface area (Å²) in [7, 11) is -2.85. The maximum Gasteiger partial charge on any atom is 0.150 e. The lowest BCUT2D eigenvalue weighted by Crippen LogP contribution is -2.51. The molecule has 2 aliphatic carbocycles. The third-order valence-electron chi connectivity index (χ3n) is 5.49. The van der Waals surface area contributed by atoms with Crippen LogP contribution in [-0.4, -0.2) is 32.0 Å². The summed E-state index contributed by atoms with van der Waals surface area (Å²) in [5.41, 5.74) is 0.309. The zero-order valence-corrected chi connectivity index (χ0v) is 12.1. The van der Waals surface area contributed by atoms with Crippen LogP contribution in [0.1, 0.15) is 51.4 Å². The zero-order valence-electron chi connectivity index (χ0n) is 11.3. The van der Waals surface area contributed by atoms with Gasteiger partial charge in [-0.3, -0.25) is 0 Å². The van der Waals surface area contributed by atoms with Crippen molar-refractivity contribution < 1.29 is 8.42 Å². The standard InChI is InChI=1S/C14H25NO2S/c1-18(16,17)13-5-2-4-12(10-13)14(11-6-7-11)8-3-9-15-14/h11-13,15H,2-10H2,1H3. The molecule has 18 heavy (non-hydrogen) atoms. The Morgan fingerprint density at radius 3 is 2.39 bits per heavy atom. The van der Waals surface area contributed by atoms with Gasteiger partial charge in [0.05, 0.1) is 5.25 Å². The van der Waals surface area contributed by atoms with E-state index < -0.39 is 9.84 Å². The third kappa shape index (κ3) is 2.22. The highest BCUT2D eigenvalue weighted by Crippen LogP contribution is 2.52. The van der Waals surface area contributed by atoms with Gasteiger partial charge in [-0.25, -0.2) is 8.42 Å². The Morgan fingerprint density at radius 1 is 1.06 bits per heavy atom. The average Bonchev–Trinajstić information content (AvgIpc) is 3.07. The fourth-order valence-electron chi connectivity index (χ4n) is 4.42. The van der Waals surface area contributed by atoms with E-state index in [4.69, 9.17) is 0 Å². The van der Waals surface area contributed by atoms with E-state index in [0.717, 1.165) is 31.7 Å². The minimum atomic E-state index is -2.85. The van der Waals surface area contributed by atoms with Gasteiger partial charge in [-0.05, 0) is 63.3 Å². The molecule has 1 aliphatic heterocycles. The molecule has 4 heteroatoms. The molecule has 3 rings (SSSR count). The first-order valence-electron chi connectivity index (χ1n) is 7.46. The molecule has 0 aromatic heterocycles. The van der Waals surface area contributed by atoms with E-state index in [1.54, 1.807) is 0 Å². The van der Waals surface area contributed by atoms with Crippen LogP contribution in [0.5, 0.6) is 0 Å². The van der Waals surface area contributed by atoms with Gasteiger partial charge in [0.25, 0.3) is 0 Å². The Balaban J connectivity index is 1.78. The van der Waals surface area contributed by atoms with E-state index in [9.17, 15) is 8.42 Å². The fraction of sp³-hybridized carbons (Fsp3) is 1.00. The van der Waals surface area contributed by atoms with Crippen molar-refractivity contribution in [1.29, 1.82) is 0 Å². The Bertz CT molecular complexity index is 408. The largest absolute Gasteiger partial charge is 0.311 e. The van der Waals surface area contributed by atoms with Gasteiger partial charge in [0.15, 0.2) is 0 Å². The minimum absolute atomic E-state index is 0.0747. The van der Waals surface area contributed by atoms with Crippen molar-refractivity contribution in [3.63, 3.8) is 0 Å². The van der Waals surface area contributed by atoms with Gasteiger partial charge in [0.2, 0.25) is 0 Å². The van der Waals surface area contributed by atoms with Crippen molar-refractivity contribution in [2.75, 3.05) is 12.8 Å². The van der Waals surface area contributed by atoms with Gasteiger partial charge in [-0.1, -0.05) is 6.42 Å². The highest BCUT2D eigenvalue weighted by molar-refractivity contribution is 7.91. The van der Waals surface area contributed by atoms with Gasteiger partial charge in [-0.15, -0.1) is 0 Å². The molecule has 0 radical (unpaired) electrons. The SMILES string of the molecule is CS(=O)(=O)C1CCCC(C2(C3CC3)CCCN2)C1. The molecule has 0 bridgehead atoms. The Labute approximate surface area is 111 Å². The normalized spacial score (nSPS) is 42.1. The Kier molecular flexibility index (Phi) is 3.22. The summed E-state index contributed by atoms with van der Waals surface area (Å²) in [4.78, 5) is 0. The lowest BCUT2D eigenvalue weighted by Gasteiger charge is -2.42. The van der Waals surface area contributed by atoms with E-state index in [-0.39, 0.29) is 5.25 Å². The van der Waals surface area contributed by atoms with Crippen LogP contribution in [0.15, 0.2) is 0 Å². The smallest absolute Gasteiger partial charge is 0.150 e. The molecule has 2 saturated carbocycles. The first kappa shape index (κ1) is 12.9. The third-order valence-corrected chi connectivity index (χ3v) is 7.13. The number of rotatable bonds is 3. The summed E-state index contributed by atoms with van der Waals surface area (Å²) in [6, 6.07) is 0. The van der Waals surface area contributed by atoms with Gasteiger partial charge < -0.3 is 5.32 Å². The second kappa shape index (κ2) is 4.48. The molecule has 3 atom stereocenters. The van der Waals surface area contributed by atoms with Crippen molar-refractivity contribution in [3.8, 4) is 0 Å². The summed E-state index contributed by atoms with van der Waals surface area (Å²) in [5.74, 6) is 1.43. The van der Waals surface area contributed by atoms with E-state index in [1.807, 2.05) is 0 Å². The monoisotopic (exact) mass is 271 g/mol. The molecule has 0 amide bonds. The number of nitrogens with one attached hydrogen (secondary N) is 1. The zero-order chi connectivity index (χ0) is 12.8. The molecule has 0 aromatic carbocycles. The summed E-state index contributed by atoms with van der Waals surface area (Å²) < 4.78 is 23.6. The summed E-state index contributed by atoms with van der Waals surface area (Å²) in [6.07, 6.45) is 10.8. The number of sulfone groups is 1. The average molecular weight is 271 g/mol. The Hall–Kier alpha value is -0.0900. The van der Waals surface area contributed by atoms with Crippen LogP contribution in [-0.2, 0) is 9.84 Å². The Morgan fingerprint density at radius 2 is 1.83 bits per heavy atom. The molecule has 1 heterocycles. The first-order valence-corrected chi connectivity index (χ1v) is 9.42. The number of hydrogen-bond acceptors (Lipinski definition) is 3. The van der Waals surface area contributed by atoms with Gasteiger partial charge in [-0.2, -0.15) is 0 Å².